The second-order valence-electron chi connectivity index (χ2n) is 5.12. The van der Waals surface area contributed by atoms with Crippen LogP contribution in [0, 0.1) is 6.20 Å². The number of fused-ring (bicyclic) bond motifs is 1. The van der Waals surface area contributed by atoms with Gasteiger partial charge in [0.25, 0.3) is 0 Å². The van der Waals surface area contributed by atoms with E-state index in [1.54, 1.807) is 18.4 Å². The number of methoxy groups -OCH3 is 1. The van der Waals surface area contributed by atoms with E-state index >= 15 is 0 Å². The predicted octanol–water partition coefficient (Wildman–Crippen LogP) is 4.70. The molecule has 0 amide bonds. The largest absolute Gasteiger partial charge is 0.493 e. The highest BCUT2D eigenvalue weighted by Gasteiger charge is 2.26. The van der Waals surface area contributed by atoms with Crippen molar-refractivity contribution in [3.8, 4) is 16.3 Å². The first-order valence-corrected chi connectivity index (χ1v) is 8.03. The van der Waals surface area contributed by atoms with E-state index < -0.39 is 0 Å². The molecule has 3 aromatic rings. The van der Waals surface area contributed by atoms with Gasteiger partial charge in [0, 0.05) is 22.2 Å². The van der Waals surface area contributed by atoms with E-state index in [2.05, 4.69) is 16.6 Å². The molecule has 5 heteroatoms. The van der Waals surface area contributed by atoms with Gasteiger partial charge in [0.15, 0.2) is 5.75 Å². The van der Waals surface area contributed by atoms with Gasteiger partial charge < -0.3 is 4.74 Å². The maximum absolute atomic E-state index is 6.46. The van der Waals surface area contributed by atoms with Gasteiger partial charge in [-0.1, -0.05) is 23.7 Å². The molecular weight excluding hydrogens is 304 g/mol. The van der Waals surface area contributed by atoms with Crippen molar-refractivity contribution in [3.63, 3.8) is 0 Å². The Labute approximate surface area is 131 Å². The molecule has 0 aliphatic heterocycles. The summed E-state index contributed by atoms with van der Waals surface area (Å²) >= 11 is 8.12. The molecule has 2 aromatic heterocycles. The normalized spacial score (nSPS) is 14.6. The molecule has 1 aromatic carbocycles. The smallest absolute Gasteiger partial charge is 0.166 e. The minimum Gasteiger partial charge on any atom is -0.493 e. The van der Waals surface area contributed by atoms with E-state index in [0.717, 1.165) is 21.5 Å². The van der Waals surface area contributed by atoms with E-state index in [1.807, 2.05) is 18.2 Å². The van der Waals surface area contributed by atoms with Crippen molar-refractivity contribution in [2.75, 3.05) is 7.11 Å². The zero-order chi connectivity index (χ0) is 14.4. The van der Waals surface area contributed by atoms with Gasteiger partial charge in [-0.25, -0.2) is 9.97 Å². The minimum absolute atomic E-state index is 0.468. The number of hydrogen-bond donors (Lipinski definition) is 0. The van der Waals surface area contributed by atoms with Gasteiger partial charge in [-0.2, -0.15) is 0 Å². The summed E-state index contributed by atoms with van der Waals surface area (Å²) in [6.07, 6.45) is 5.33. The van der Waals surface area contributed by atoms with Crippen LogP contribution in [0.5, 0.6) is 5.75 Å². The molecule has 3 nitrogen and oxygen atoms in total. The van der Waals surface area contributed by atoms with Gasteiger partial charge in [-0.15, -0.1) is 11.3 Å². The van der Waals surface area contributed by atoms with Gasteiger partial charge in [0.05, 0.1) is 23.3 Å². The first-order valence-electron chi connectivity index (χ1n) is 6.77. The highest BCUT2D eigenvalue weighted by atomic mass is 35.5. The molecule has 0 saturated heterocycles. The summed E-state index contributed by atoms with van der Waals surface area (Å²) in [4.78, 5) is 9.07. The molecule has 0 unspecified atom stereocenters. The molecule has 1 saturated carbocycles. The molecule has 4 rings (SSSR count). The standard InChI is InChI=1S/C16H12ClN2OS/c1-20-13-7-18-11-4-2-3-10(14(11)15(13)17)16-19-12(8-21-16)9-5-6-9/h2-4,8-9H,5-6H2,1H3. The Morgan fingerprint density at radius 3 is 3.00 bits per heavy atom. The Kier molecular flexibility index (Phi) is 3.08. The number of pyridine rings is 1. The fourth-order valence-corrected chi connectivity index (χ4v) is 3.68. The molecular formula is C16H12ClN2OS. The lowest BCUT2D eigenvalue weighted by atomic mass is 10.1. The fraction of sp³-hybridized carbons (Fsp3) is 0.250. The summed E-state index contributed by atoms with van der Waals surface area (Å²) in [5.41, 5.74) is 3.02. The summed E-state index contributed by atoms with van der Waals surface area (Å²) < 4.78 is 5.23. The number of thiazole rings is 1. The number of hydrogen-bond acceptors (Lipinski definition) is 4. The predicted molar refractivity (Wildman–Crippen MR) is 85.2 cm³/mol. The van der Waals surface area contributed by atoms with Crippen molar-refractivity contribution in [1.29, 1.82) is 0 Å². The van der Waals surface area contributed by atoms with Crippen molar-refractivity contribution in [1.82, 2.24) is 9.97 Å². The van der Waals surface area contributed by atoms with E-state index in [4.69, 9.17) is 21.3 Å². The fourth-order valence-electron chi connectivity index (χ4n) is 2.43. The number of benzene rings is 1. The highest BCUT2D eigenvalue weighted by Crippen LogP contribution is 2.43. The van der Waals surface area contributed by atoms with Crippen LogP contribution in [-0.2, 0) is 0 Å². The average Bonchev–Trinajstić information content (AvgIpc) is 3.25. The molecule has 1 aliphatic carbocycles. The number of aromatic nitrogens is 2. The summed E-state index contributed by atoms with van der Waals surface area (Å²) in [6, 6.07) is 5.93. The van der Waals surface area contributed by atoms with Crippen LogP contribution in [0.15, 0.2) is 23.6 Å². The second-order valence-corrected chi connectivity index (χ2v) is 6.36. The summed E-state index contributed by atoms with van der Waals surface area (Å²) in [6.45, 7) is 0. The molecule has 0 N–H and O–H groups in total. The van der Waals surface area contributed by atoms with Crippen LogP contribution in [0.1, 0.15) is 24.5 Å². The van der Waals surface area contributed by atoms with Gasteiger partial charge in [-0.3, -0.25) is 0 Å². The monoisotopic (exact) mass is 315 g/mol. The lowest BCUT2D eigenvalue weighted by Gasteiger charge is -2.08. The molecule has 1 radical (unpaired) electrons. The number of halogens is 1. The van der Waals surface area contributed by atoms with E-state index in [1.165, 1.54) is 18.5 Å². The van der Waals surface area contributed by atoms with Crippen LogP contribution in [0.25, 0.3) is 21.5 Å². The van der Waals surface area contributed by atoms with Crippen molar-refractivity contribution in [3.05, 3.63) is 40.5 Å². The van der Waals surface area contributed by atoms with Crippen molar-refractivity contribution in [2.24, 2.45) is 0 Å². The van der Waals surface area contributed by atoms with E-state index in [9.17, 15) is 0 Å². The number of rotatable bonds is 3. The van der Waals surface area contributed by atoms with Crippen LogP contribution >= 0.6 is 22.9 Å². The van der Waals surface area contributed by atoms with Gasteiger partial charge in [-0.05, 0) is 18.9 Å². The van der Waals surface area contributed by atoms with E-state index in [-0.39, 0.29) is 0 Å². The minimum atomic E-state index is 0.468. The number of nitrogens with zero attached hydrogens (tertiary/aromatic N) is 2. The van der Waals surface area contributed by atoms with Crippen LogP contribution in [0.2, 0.25) is 5.02 Å². The molecule has 2 heterocycles. The average molecular weight is 316 g/mol. The van der Waals surface area contributed by atoms with Crippen LogP contribution in [0.4, 0.5) is 0 Å². The summed E-state index contributed by atoms with van der Waals surface area (Å²) in [7, 11) is 1.57. The molecule has 1 aliphatic rings. The summed E-state index contributed by atoms with van der Waals surface area (Å²) in [5, 5.41) is 4.56. The Bertz CT molecular complexity index is 826. The van der Waals surface area contributed by atoms with Crippen molar-refractivity contribution >= 4 is 33.8 Å². The Morgan fingerprint density at radius 2 is 2.24 bits per heavy atom. The van der Waals surface area contributed by atoms with Gasteiger partial charge in [0.2, 0.25) is 0 Å². The maximum Gasteiger partial charge on any atom is 0.166 e. The third kappa shape index (κ3) is 2.19. The first-order chi connectivity index (χ1) is 10.3. The molecule has 0 atom stereocenters. The van der Waals surface area contributed by atoms with Gasteiger partial charge in [0.1, 0.15) is 11.2 Å². The Hall–Kier alpha value is -1.65. The second kappa shape index (κ2) is 4.97. The molecule has 105 valence electrons. The molecule has 0 spiro atoms. The quantitative estimate of drug-likeness (QED) is 0.703. The highest BCUT2D eigenvalue weighted by molar-refractivity contribution is 7.13. The SMILES string of the molecule is COc1[c]nc2cccc(-c3nc(C4CC4)cs3)c2c1Cl. The van der Waals surface area contributed by atoms with Crippen LogP contribution < -0.4 is 4.74 Å². The molecule has 1 fully saturated rings. The molecule has 21 heavy (non-hydrogen) atoms. The maximum atomic E-state index is 6.46. The van der Waals surface area contributed by atoms with Gasteiger partial charge >= 0.3 is 0 Å². The van der Waals surface area contributed by atoms with Crippen LogP contribution in [-0.4, -0.2) is 17.1 Å². The number of ether oxygens (including phenoxy) is 1. The van der Waals surface area contributed by atoms with Crippen molar-refractivity contribution in [2.45, 2.75) is 18.8 Å². The third-order valence-corrected chi connectivity index (χ3v) is 4.95. The lowest BCUT2D eigenvalue weighted by Crippen LogP contribution is -1.91. The third-order valence-electron chi connectivity index (χ3n) is 3.69. The Balaban J connectivity index is 1.94. The lowest BCUT2D eigenvalue weighted by molar-refractivity contribution is 0.413. The zero-order valence-corrected chi connectivity index (χ0v) is 13.0. The Morgan fingerprint density at radius 1 is 1.38 bits per heavy atom. The zero-order valence-electron chi connectivity index (χ0n) is 11.4. The molecule has 0 bridgehead atoms. The van der Waals surface area contributed by atoms with E-state index in [0.29, 0.717) is 16.7 Å². The van der Waals surface area contributed by atoms with Crippen molar-refractivity contribution < 1.29 is 4.74 Å². The summed E-state index contributed by atoms with van der Waals surface area (Å²) in [5.74, 6) is 1.12. The topological polar surface area (TPSA) is 35.0 Å². The van der Waals surface area contributed by atoms with Crippen LogP contribution in [0.3, 0.4) is 0 Å². The first kappa shape index (κ1) is 13.0.